The summed E-state index contributed by atoms with van der Waals surface area (Å²) in [4.78, 5) is 52.1. The van der Waals surface area contributed by atoms with Gasteiger partial charge in [0.15, 0.2) is 0 Å². The van der Waals surface area contributed by atoms with E-state index in [2.05, 4.69) is 27.7 Å². The van der Waals surface area contributed by atoms with Crippen LogP contribution in [0.15, 0.2) is 0 Å². The lowest BCUT2D eigenvalue weighted by atomic mass is 9.69. The number of hydrogen-bond acceptors (Lipinski definition) is 10. The zero-order valence-electron chi connectivity index (χ0n) is 26.3. The Morgan fingerprint density at radius 2 is 1.02 bits per heavy atom. The molecule has 8 atom stereocenters. The van der Waals surface area contributed by atoms with Crippen LogP contribution in [0.1, 0.15) is 92.9 Å². The summed E-state index contributed by atoms with van der Waals surface area (Å²) in [7, 11) is -7.96. The van der Waals surface area contributed by atoms with Crippen LogP contribution in [0.3, 0.4) is 0 Å². The van der Waals surface area contributed by atoms with Crippen molar-refractivity contribution >= 4 is 43.8 Å². The van der Waals surface area contributed by atoms with Crippen molar-refractivity contribution in [3.63, 3.8) is 0 Å². The van der Waals surface area contributed by atoms with Crippen molar-refractivity contribution in [2.45, 2.75) is 117 Å². The van der Waals surface area contributed by atoms with Crippen LogP contribution in [0.4, 0.5) is 0 Å². The molecule has 2 aliphatic heterocycles. The molecular formula is C30H44N2O10S2. The summed E-state index contributed by atoms with van der Waals surface area (Å²) in [5.74, 6) is -2.98. The van der Waals surface area contributed by atoms with Gasteiger partial charge in [-0.15, -0.1) is 0 Å². The minimum Gasteiger partial charge on any atom is -0.458 e. The van der Waals surface area contributed by atoms with Crippen LogP contribution in [0, 0.1) is 33.5 Å². The van der Waals surface area contributed by atoms with Crippen molar-refractivity contribution in [2.75, 3.05) is 11.5 Å². The lowest BCUT2D eigenvalue weighted by Crippen LogP contribution is -2.48. The van der Waals surface area contributed by atoms with E-state index in [0.717, 1.165) is 35.3 Å². The maximum atomic E-state index is 13.8. The number of amides is 2. The second kappa shape index (κ2) is 9.65. The van der Waals surface area contributed by atoms with Crippen molar-refractivity contribution in [3.05, 3.63) is 0 Å². The van der Waals surface area contributed by atoms with Crippen molar-refractivity contribution in [1.82, 2.24) is 8.61 Å². The van der Waals surface area contributed by atoms with E-state index >= 15 is 0 Å². The number of carbonyl (C=O) groups excluding carboxylic acids is 4. The fourth-order valence-electron chi connectivity index (χ4n) is 10.7. The topological polar surface area (TPSA) is 161 Å². The van der Waals surface area contributed by atoms with Crippen LogP contribution < -0.4 is 0 Å². The standard InChI is InChI=1S/C30H44N2O10S2/c1-17(33)41-21(13-25(35)31-23-11-19-7-9-29(23,27(19,3)4)15-43(31,37)38)22(42-18(2)34)14-26(36)32-24-12-20-8-10-30(24,28(20,5)6)16-44(32,39)40/h19-24H,7-16H2,1-6H3/t19-,20-,21-,22-,23-,24-,29-,30-/m1/s1. The summed E-state index contributed by atoms with van der Waals surface area (Å²) in [5, 5.41) is 0. The zero-order valence-corrected chi connectivity index (χ0v) is 28.0. The molecular weight excluding hydrogens is 612 g/mol. The van der Waals surface area contributed by atoms with Crippen molar-refractivity contribution in [2.24, 2.45) is 33.5 Å². The van der Waals surface area contributed by atoms with Gasteiger partial charge in [-0.1, -0.05) is 27.7 Å². The van der Waals surface area contributed by atoms with E-state index in [1.165, 1.54) is 0 Å². The third kappa shape index (κ3) is 4.17. The second-order valence-electron chi connectivity index (χ2n) is 15.3. The van der Waals surface area contributed by atoms with E-state index in [1.54, 1.807) is 0 Å². The van der Waals surface area contributed by atoms with E-state index < -0.39 is 91.8 Å². The normalized spacial score (nSPS) is 39.0. The summed E-state index contributed by atoms with van der Waals surface area (Å²) in [6, 6.07) is -1.04. The molecule has 4 bridgehead atoms. The molecule has 4 saturated carbocycles. The van der Waals surface area contributed by atoms with E-state index in [0.29, 0.717) is 25.7 Å². The third-order valence-electron chi connectivity index (χ3n) is 13.1. The Balaban J connectivity index is 1.27. The molecule has 0 aromatic heterocycles. The molecule has 2 amide bonds. The lowest BCUT2D eigenvalue weighted by Gasteiger charge is -2.37. The number of rotatable bonds is 7. The zero-order chi connectivity index (χ0) is 32.4. The summed E-state index contributed by atoms with van der Waals surface area (Å²) < 4.78 is 66.6. The van der Waals surface area contributed by atoms with Gasteiger partial charge in [0, 0.05) is 24.7 Å². The number of esters is 2. The molecule has 44 heavy (non-hydrogen) atoms. The second-order valence-corrected chi connectivity index (χ2v) is 19.0. The Morgan fingerprint density at radius 1 is 0.682 bits per heavy atom. The molecule has 0 aromatic rings. The Hall–Kier alpha value is -2.22. The van der Waals surface area contributed by atoms with E-state index in [9.17, 15) is 36.0 Å². The molecule has 6 fully saturated rings. The fourth-order valence-corrected chi connectivity index (χ4v) is 15.8. The van der Waals surface area contributed by atoms with Crippen LogP contribution in [0.5, 0.6) is 0 Å². The average molecular weight is 657 g/mol. The quantitative estimate of drug-likeness (QED) is 0.372. The van der Waals surface area contributed by atoms with Crippen LogP contribution in [-0.4, -0.2) is 85.0 Å². The molecule has 6 aliphatic rings. The fraction of sp³-hybridized carbons (Fsp3) is 0.867. The Morgan fingerprint density at radius 3 is 1.32 bits per heavy atom. The molecule has 246 valence electrons. The van der Waals surface area contributed by atoms with Crippen LogP contribution in [0.25, 0.3) is 0 Å². The molecule has 2 spiro atoms. The SMILES string of the molecule is CC(=O)O[C@H](CC(=O)N1[C@@H]2C[C@H]3CC[C@]2(CS1(=O)=O)C3(C)C)[C@@H](CC(=O)N1[C@@H]2C[C@H]3CC[C@]2(CS1(=O)=O)C3(C)C)OC(C)=O. The van der Waals surface area contributed by atoms with Gasteiger partial charge in [-0.25, -0.2) is 25.4 Å². The number of hydrogen-bond donors (Lipinski definition) is 0. The van der Waals surface area contributed by atoms with E-state index in [4.69, 9.17) is 9.47 Å². The Labute approximate surface area is 259 Å². The van der Waals surface area contributed by atoms with Gasteiger partial charge in [0.05, 0.1) is 36.4 Å². The molecule has 2 saturated heterocycles. The first kappa shape index (κ1) is 31.7. The number of nitrogens with zero attached hydrogens (tertiary/aromatic N) is 2. The predicted octanol–water partition coefficient (Wildman–Crippen LogP) is 2.36. The van der Waals surface area contributed by atoms with Crippen LogP contribution in [0.2, 0.25) is 0 Å². The molecule has 6 rings (SSSR count). The number of ether oxygens (including phenoxy) is 2. The molecule has 4 aliphatic carbocycles. The van der Waals surface area contributed by atoms with Gasteiger partial charge in [0.1, 0.15) is 12.2 Å². The van der Waals surface area contributed by atoms with Gasteiger partial charge >= 0.3 is 11.9 Å². The van der Waals surface area contributed by atoms with Gasteiger partial charge in [0.25, 0.3) is 0 Å². The highest BCUT2D eigenvalue weighted by atomic mass is 32.2. The molecule has 0 aromatic carbocycles. The maximum Gasteiger partial charge on any atom is 0.303 e. The van der Waals surface area contributed by atoms with E-state index in [-0.39, 0.29) is 34.2 Å². The van der Waals surface area contributed by atoms with Gasteiger partial charge in [-0.3, -0.25) is 19.2 Å². The largest absolute Gasteiger partial charge is 0.458 e. The predicted molar refractivity (Wildman–Crippen MR) is 156 cm³/mol. The molecule has 0 N–H and O–H groups in total. The van der Waals surface area contributed by atoms with E-state index in [1.807, 2.05) is 0 Å². The van der Waals surface area contributed by atoms with Gasteiger partial charge in [0.2, 0.25) is 31.9 Å². The highest BCUT2D eigenvalue weighted by Crippen LogP contribution is 2.71. The van der Waals surface area contributed by atoms with Gasteiger partial charge in [-0.05, 0) is 61.2 Å². The number of carbonyl (C=O) groups is 4. The van der Waals surface area contributed by atoms with Crippen LogP contribution in [-0.2, 0) is 48.7 Å². The van der Waals surface area contributed by atoms with Crippen molar-refractivity contribution < 1.29 is 45.5 Å². The monoisotopic (exact) mass is 656 g/mol. The summed E-state index contributed by atoms with van der Waals surface area (Å²) in [6.45, 7) is 10.4. The minimum absolute atomic E-state index is 0.142. The molecule has 2 heterocycles. The summed E-state index contributed by atoms with van der Waals surface area (Å²) >= 11 is 0. The molecule has 0 radical (unpaired) electrons. The van der Waals surface area contributed by atoms with Crippen molar-refractivity contribution in [1.29, 1.82) is 0 Å². The summed E-state index contributed by atoms with van der Waals surface area (Å²) in [5.41, 5.74) is -1.67. The number of fused-ring (bicyclic) bond motifs is 2. The van der Waals surface area contributed by atoms with Crippen molar-refractivity contribution in [3.8, 4) is 0 Å². The summed E-state index contributed by atoms with van der Waals surface area (Å²) in [6.07, 6.45) is 0.00477. The first-order valence-corrected chi connectivity index (χ1v) is 18.9. The molecule has 0 unspecified atom stereocenters. The average Bonchev–Trinajstić information content (AvgIpc) is 3.56. The molecule has 12 nitrogen and oxygen atoms in total. The number of sulfonamides is 2. The highest BCUT2D eigenvalue weighted by Gasteiger charge is 2.73. The highest BCUT2D eigenvalue weighted by molar-refractivity contribution is 7.90. The Kier molecular flexibility index (Phi) is 6.96. The van der Waals surface area contributed by atoms with Gasteiger partial charge < -0.3 is 9.47 Å². The third-order valence-corrected chi connectivity index (χ3v) is 17.0. The lowest BCUT2D eigenvalue weighted by molar-refractivity contribution is -0.170. The van der Waals surface area contributed by atoms with Gasteiger partial charge in [-0.2, -0.15) is 0 Å². The van der Waals surface area contributed by atoms with Crippen LogP contribution >= 0.6 is 0 Å². The first-order valence-electron chi connectivity index (χ1n) is 15.6. The Bertz CT molecular complexity index is 1420. The first-order chi connectivity index (χ1) is 20.2. The smallest absolute Gasteiger partial charge is 0.303 e. The maximum absolute atomic E-state index is 13.8. The molecule has 14 heteroatoms. The minimum atomic E-state index is -3.98.